The number of piperidine rings is 1. The van der Waals surface area contributed by atoms with Crippen LogP contribution in [0.25, 0.3) is 0 Å². The summed E-state index contributed by atoms with van der Waals surface area (Å²) in [5, 5.41) is 7.43. The molecule has 2 heterocycles. The third kappa shape index (κ3) is 4.32. The van der Waals surface area contributed by atoms with Crippen molar-refractivity contribution in [2.24, 2.45) is 0 Å². The van der Waals surface area contributed by atoms with Gasteiger partial charge in [0, 0.05) is 11.6 Å². The van der Waals surface area contributed by atoms with Gasteiger partial charge in [0.05, 0.1) is 12.6 Å². The Morgan fingerprint density at radius 2 is 2.04 bits per heavy atom. The fourth-order valence-electron chi connectivity index (χ4n) is 3.24. The molecule has 0 saturated carbocycles. The second-order valence-corrected chi connectivity index (χ2v) is 6.83. The molecule has 2 aliphatic heterocycles. The first kappa shape index (κ1) is 16.5. The lowest BCUT2D eigenvalue weighted by Gasteiger charge is -2.31. The topological polar surface area (TPSA) is 36.5 Å². The van der Waals surface area contributed by atoms with Crippen molar-refractivity contribution in [3.8, 4) is 5.75 Å². The summed E-state index contributed by atoms with van der Waals surface area (Å²) in [4.78, 5) is 2.33. The van der Waals surface area contributed by atoms with Crippen molar-refractivity contribution in [2.45, 2.75) is 37.8 Å². The Morgan fingerprint density at radius 1 is 1.26 bits per heavy atom. The molecular weight excluding hydrogens is 313 g/mol. The summed E-state index contributed by atoms with van der Waals surface area (Å²) in [7, 11) is 2.14. The molecule has 6 heteroatoms. The standard InChI is InChI=1S/C17H24FN3OS/c1-21-8-6-13(7-9-21)19-17(23)20-15-3-2-10-22-16-5-4-12(18)11-14(15)16/h4-5,11,13,15H,2-3,6-10H2,1H3,(H2,19,20,23)/t15-/m0/s1. The van der Waals surface area contributed by atoms with Crippen LogP contribution >= 0.6 is 12.2 Å². The molecule has 0 spiro atoms. The Labute approximate surface area is 142 Å². The number of nitrogens with zero attached hydrogens (tertiary/aromatic N) is 1. The van der Waals surface area contributed by atoms with Crippen LogP contribution in [-0.4, -0.2) is 42.8 Å². The van der Waals surface area contributed by atoms with Crippen LogP contribution < -0.4 is 15.4 Å². The Bertz CT molecular complexity index is 561. The first-order chi connectivity index (χ1) is 11.1. The van der Waals surface area contributed by atoms with E-state index < -0.39 is 0 Å². The van der Waals surface area contributed by atoms with Gasteiger partial charge in [-0.15, -0.1) is 0 Å². The average molecular weight is 337 g/mol. The second kappa shape index (κ2) is 7.45. The van der Waals surface area contributed by atoms with Crippen LogP contribution in [0.1, 0.15) is 37.3 Å². The SMILES string of the molecule is CN1CCC(NC(=S)N[C@H]2CCCOc3ccc(F)cc32)CC1. The zero-order valence-corrected chi connectivity index (χ0v) is 14.3. The van der Waals surface area contributed by atoms with Gasteiger partial charge in [-0.2, -0.15) is 0 Å². The zero-order chi connectivity index (χ0) is 16.2. The number of halogens is 1. The Hall–Kier alpha value is -1.40. The maximum Gasteiger partial charge on any atom is 0.166 e. The first-order valence-electron chi connectivity index (χ1n) is 8.29. The lowest BCUT2D eigenvalue weighted by Crippen LogP contribution is -2.47. The summed E-state index contributed by atoms with van der Waals surface area (Å²) in [5.41, 5.74) is 0.857. The molecular formula is C17H24FN3OS. The van der Waals surface area contributed by atoms with E-state index in [0.29, 0.717) is 17.8 Å². The van der Waals surface area contributed by atoms with Gasteiger partial charge in [0.1, 0.15) is 11.6 Å². The normalized spacial score (nSPS) is 22.6. The van der Waals surface area contributed by atoms with E-state index in [9.17, 15) is 4.39 Å². The quantitative estimate of drug-likeness (QED) is 0.812. The van der Waals surface area contributed by atoms with Crippen LogP contribution in [0.4, 0.5) is 4.39 Å². The molecule has 1 fully saturated rings. The Morgan fingerprint density at radius 3 is 2.83 bits per heavy atom. The second-order valence-electron chi connectivity index (χ2n) is 6.42. The molecule has 0 amide bonds. The summed E-state index contributed by atoms with van der Waals surface area (Å²) in [5.74, 6) is 0.513. The summed E-state index contributed by atoms with van der Waals surface area (Å²) in [6.45, 7) is 2.84. The fourth-order valence-corrected chi connectivity index (χ4v) is 3.55. The monoisotopic (exact) mass is 337 g/mol. The van der Waals surface area contributed by atoms with E-state index in [1.54, 1.807) is 12.1 Å². The third-order valence-electron chi connectivity index (χ3n) is 4.60. The van der Waals surface area contributed by atoms with Gasteiger partial charge in [0.2, 0.25) is 0 Å². The van der Waals surface area contributed by atoms with Crippen molar-refractivity contribution in [3.05, 3.63) is 29.6 Å². The smallest absolute Gasteiger partial charge is 0.166 e. The van der Waals surface area contributed by atoms with Gasteiger partial charge in [0.25, 0.3) is 0 Å². The number of benzene rings is 1. The molecule has 0 bridgehead atoms. The van der Waals surface area contributed by atoms with Gasteiger partial charge in [-0.25, -0.2) is 4.39 Å². The van der Waals surface area contributed by atoms with Crippen molar-refractivity contribution >= 4 is 17.3 Å². The van der Waals surface area contributed by atoms with Gasteiger partial charge in [-0.05, 0) is 76.2 Å². The first-order valence-corrected chi connectivity index (χ1v) is 8.70. The highest BCUT2D eigenvalue weighted by molar-refractivity contribution is 7.80. The van der Waals surface area contributed by atoms with E-state index in [-0.39, 0.29) is 11.9 Å². The molecule has 0 unspecified atom stereocenters. The van der Waals surface area contributed by atoms with E-state index in [4.69, 9.17) is 17.0 Å². The van der Waals surface area contributed by atoms with Crippen LogP contribution in [0.5, 0.6) is 5.75 Å². The van der Waals surface area contributed by atoms with Crippen LogP contribution in [-0.2, 0) is 0 Å². The average Bonchev–Trinajstić information content (AvgIpc) is 2.72. The summed E-state index contributed by atoms with van der Waals surface area (Å²) in [6, 6.07) is 5.11. The van der Waals surface area contributed by atoms with Gasteiger partial charge in [0.15, 0.2) is 5.11 Å². The number of hydrogen-bond donors (Lipinski definition) is 2. The summed E-state index contributed by atoms with van der Waals surface area (Å²) < 4.78 is 19.3. The lowest BCUT2D eigenvalue weighted by molar-refractivity contribution is 0.246. The number of ether oxygens (including phenoxy) is 1. The fraction of sp³-hybridized carbons (Fsp3) is 0.588. The molecule has 1 aromatic rings. The number of thiocarbonyl (C=S) groups is 1. The van der Waals surface area contributed by atoms with Crippen molar-refractivity contribution in [1.29, 1.82) is 0 Å². The largest absolute Gasteiger partial charge is 0.493 e. The molecule has 1 saturated heterocycles. The van der Waals surface area contributed by atoms with Crippen molar-refractivity contribution in [3.63, 3.8) is 0 Å². The van der Waals surface area contributed by atoms with Gasteiger partial charge in [-0.1, -0.05) is 0 Å². The Balaban J connectivity index is 1.63. The molecule has 4 nitrogen and oxygen atoms in total. The number of nitrogens with one attached hydrogen (secondary N) is 2. The minimum Gasteiger partial charge on any atom is -0.493 e. The highest BCUT2D eigenvalue weighted by Gasteiger charge is 2.23. The summed E-state index contributed by atoms with van der Waals surface area (Å²) >= 11 is 5.48. The van der Waals surface area contributed by atoms with Crippen molar-refractivity contribution < 1.29 is 9.13 Å². The molecule has 0 aromatic heterocycles. The van der Waals surface area contributed by atoms with E-state index in [2.05, 4.69) is 22.6 Å². The molecule has 2 N–H and O–H groups in total. The number of rotatable bonds is 2. The van der Waals surface area contributed by atoms with Gasteiger partial charge < -0.3 is 20.3 Å². The van der Waals surface area contributed by atoms with Gasteiger partial charge in [-0.3, -0.25) is 0 Å². The van der Waals surface area contributed by atoms with E-state index >= 15 is 0 Å². The maximum absolute atomic E-state index is 13.6. The van der Waals surface area contributed by atoms with E-state index in [1.165, 1.54) is 6.07 Å². The van der Waals surface area contributed by atoms with Crippen LogP contribution in [0, 0.1) is 5.82 Å². The number of fused-ring (bicyclic) bond motifs is 1. The molecule has 126 valence electrons. The van der Waals surface area contributed by atoms with E-state index in [0.717, 1.165) is 50.1 Å². The zero-order valence-electron chi connectivity index (χ0n) is 13.5. The number of likely N-dealkylation sites (tertiary alicyclic amines) is 1. The van der Waals surface area contributed by atoms with Crippen molar-refractivity contribution in [2.75, 3.05) is 26.7 Å². The number of hydrogen-bond acceptors (Lipinski definition) is 3. The lowest BCUT2D eigenvalue weighted by atomic mass is 10.0. The molecule has 1 atom stereocenters. The minimum atomic E-state index is -0.241. The highest BCUT2D eigenvalue weighted by atomic mass is 32.1. The summed E-state index contributed by atoms with van der Waals surface area (Å²) in [6.07, 6.45) is 3.99. The van der Waals surface area contributed by atoms with E-state index in [1.807, 2.05) is 0 Å². The maximum atomic E-state index is 13.6. The molecule has 0 radical (unpaired) electrons. The molecule has 2 aliphatic rings. The third-order valence-corrected chi connectivity index (χ3v) is 4.84. The Kier molecular flexibility index (Phi) is 5.33. The minimum absolute atomic E-state index is 0.00513. The van der Waals surface area contributed by atoms with Crippen molar-refractivity contribution in [1.82, 2.24) is 15.5 Å². The highest BCUT2D eigenvalue weighted by Crippen LogP contribution is 2.32. The molecule has 3 rings (SSSR count). The molecule has 23 heavy (non-hydrogen) atoms. The van der Waals surface area contributed by atoms with Crippen LogP contribution in [0.15, 0.2) is 18.2 Å². The van der Waals surface area contributed by atoms with Crippen LogP contribution in [0.3, 0.4) is 0 Å². The predicted octanol–water partition coefficient (Wildman–Crippen LogP) is 2.60. The molecule has 0 aliphatic carbocycles. The van der Waals surface area contributed by atoms with Crippen LogP contribution in [0.2, 0.25) is 0 Å². The molecule has 1 aromatic carbocycles. The van der Waals surface area contributed by atoms with Gasteiger partial charge >= 0.3 is 0 Å². The predicted molar refractivity (Wildman–Crippen MR) is 93.3 cm³/mol.